The molecule has 144 valence electrons. The lowest BCUT2D eigenvalue weighted by Crippen LogP contribution is -2.40. The van der Waals surface area contributed by atoms with E-state index in [1.165, 1.54) is 5.56 Å². The minimum atomic E-state index is -0.160. The predicted molar refractivity (Wildman–Crippen MR) is 106 cm³/mol. The van der Waals surface area contributed by atoms with Crippen molar-refractivity contribution in [2.75, 3.05) is 20.3 Å². The van der Waals surface area contributed by atoms with Crippen LogP contribution in [0.15, 0.2) is 42.5 Å². The molecule has 0 saturated heterocycles. The number of benzene rings is 2. The Kier molecular flexibility index (Phi) is 6.22. The molecule has 5 nitrogen and oxygen atoms in total. The molecule has 2 aromatic carbocycles. The molecule has 0 aliphatic heterocycles. The summed E-state index contributed by atoms with van der Waals surface area (Å²) in [5.74, 6) is 2.19. The van der Waals surface area contributed by atoms with Crippen molar-refractivity contribution in [1.29, 1.82) is 0 Å². The summed E-state index contributed by atoms with van der Waals surface area (Å²) in [6, 6.07) is 13.9. The highest BCUT2D eigenvalue weighted by Gasteiger charge is 2.33. The van der Waals surface area contributed by atoms with E-state index in [0.29, 0.717) is 19.1 Å². The molecular weight excluding hydrogens is 340 g/mol. The highest BCUT2D eigenvalue weighted by atomic mass is 16.5. The van der Waals surface area contributed by atoms with E-state index in [2.05, 4.69) is 23.6 Å². The van der Waals surface area contributed by atoms with Gasteiger partial charge in [0.25, 0.3) is 0 Å². The third-order valence-electron chi connectivity index (χ3n) is 4.83. The fourth-order valence-electron chi connectivity index (χ4n) is 3.19. The number of methoxy groups -OCH3 is 1. The first-order chi connectivity index (χ1) is 13.1. The smallest absolute Gasteiger partial charge is 0.315 e. The van der Waals surface area contributed by atoms with Gasteiger partial charge in [0, 0.05) is 0 Å². The molecule has 1 fully saturated rings. The summed E-state index contributed by atoms with van der Waals surface area (Å²) in [6.45, 7) is 4.98. The highest BCUT2D eigenvalue weighted by Crippen LogP contribution is 2.41. The number of aryl methyl sites for hydroxylation is 2. The first kappa shape index (κ1) is 19.1. The molecular formula is C22H28N2O3. The Bertz CT molecular complexity index is 770. The van der Waals surface area contributed by atoms with Crippen molar-refractivity contribution in [3.63, 3.8) is 0 Å². The molecule has 27 heavy (non-hydrogen) atoms. The molecule has 0 bridgehead atoms. The summed E-state index contributed by atoms with van der Waals surface area (Å²) in [5, 5.41) is 5.99. The number of carbonyl (C=O) groups is 1. The molecule has 1 saturated carbocycles. The molecule has 1 atom stereocenters. The van der Waals surface area contributed by atoms with Crippen LogP contribution in [0.5, 0.6) is 11.5 Å². The molecule has 0 heterocycles. The lowest BCUT2D eigenvalue weighted by atomic mass is 10.0. The van der Waals surface area contributed by atoms with Gasteiger partial charge in [-0.05, 0) is 61.9 Å². The number of nitrogens with one attached hydrogen (secondary N) is 2. The van der Waals surface area contributed by atoms with Gasteiger partial charge in [0.05, 0.1) is 19.7 Å². The predicted octanol–water partition coefficient (Wildman–Crippen LogP) is 4.14. The lowest BCUT2D eigenvalue weighted by molar-refractivity contribution is 0.231. The Labute approximate surface area is 161 Å². The molecule has 3 rings (SSSR count). The van der Waals surface area contributed by atoms with E-state index in [9.17, 15) is 4.79 Å². The van der Waals surface area contributed by atoms with Gasteiger partial charge in [0.15, 0.2) is 0 Å². The van der Waals surface area contributed by atoms with Crippen molar-refractivity contribution in [2.24, 2.45) is 5.92 Å². The summed E-state index contributed by atoms with van der Waals surface area (Å²) in [7, 11) is 1.65. The molecule has 1 aliphatic rings. The largest absolute Gasteiger partial charge is 0.497 e. The molecule has 0 aromatic heterocycles. The number of rotatable bonds is 8. The highest BCUT2D eigenvalue weighted by molar-refractivity contribution is 5.74. The van der Waals surface area contributed by atoms with Gasteiger partial charge in [0.2, 0.25) is 0 Å². The number of hydrogen-bond donors (Lipinski definition) is 2. The van der Waals surface area contributed by atoms with Gasteiger partial charge in [-0.1, -0.05) is 29.8 Å². The molecule has 1 unspecified atom stereocenters. The van der Waals surface area contributed by atoms with Crippen molar-refractivity contribution >= 4 is 6.03 Å². The molecule has 2 N–H and O–H groups in total. The zero-order valence-electron chi connectivity index (χ0n) is 16.2. The van der Waals surface area contributed by atoms with Gasteiger partial charge >= 0.3 is 6.03 Å². The van der Waals surface area contributed by atoms with Crippen LogP contribution in [0, 0.1) is 19.8 Å². The first-order valence-electron chi connectivity index (χ1n) is 9.45. The van der Waals surface area contributed by atoms with Crippen LogP contribution in [0.25, 0.3) is 0 Å². The van der Waals surface area contributed by atoms with Crippen molar-refractivity contribution in [2.45, 2.75) is 32.7 Å². The van der Waals surface area contributed by atoms with Gasteiger partial charge in [-0.25, -0.2) is 4.79 Å². The summed E-state index contributed by atoms with van der Waals surface area (Å²) in [6.07, 6.45) is 2.29. The number of urea groups is 1. The van der Waals surface area contributed by atoms with Crippen LogP contribution in [-0.2, 0) is 0 Å². The van der Waals surface area contributed by atoms with E-state index >= 15 is 0 Å². The van der Waals surface area contributed by atoms with Gasteiger partial charge < -0.3 is 20.1 Å². The van der Waals surface area contributed by atoms with Gasteiger partial charge in [-0.3, -0.25) is 0 Å². The van der Waals surface area contributed by atoms with Crippen LogP contribution in [0.3, 0.4) is 0 Å². The maximum absolute atomic E-state index is 12.3. The fourth-order valence-corrected chi connectivity index (χ4v) is 3.19. The first-order valence-corrected chi connectivity index (χ1v) is 9.45. The summed E-state index contributed by atoms with van der Waals surface area (Å²) in [5.41, 5.74) is 3.43. The van der Waals surface area contributed by atoms with E-state index in [1.807, 2.05) is 43.3 Å². The minimum absolute atomic E-state index is 0.0381. The fraction of sp³-hybridized carbons (Fsp3) is 0.409. The lowest BCUT2D eigenvalue weighted by Gasteiger charge is -2.19. The van der Waals surface area contributed by atoms with Gasteiger partial charge in [-0.15, -0.1) is 0 Å². The summed E-state index contributed by atoms with van der Waals surface area (Å²) < 4.78 is 11.0. The molecule has 0 spiro atoms. The quantitative estimate of drug-likeness (QED) is 0.689. The van der Waals surface area contributed by atoms with Crippen LogP contribution in [-0.4, -0.2) is 26.3 Å². The third-order valence-corrected chi connectivity index (χ3v) is 4.83. The molecule has 5 heteroatoms. The normalized spacial score (nSPS) is 14.3. The number of hydrogen-bond acceptors (Lipinski definition) is 3. The van der Waals surface area contributed by atoms with Crippen LogP contribution in [0.2, 0.25) is 0 Å². The topological polar surface area (TPSA) is 59.6 Å². The monoisotopic (exact) mass is 368 g/mol. The van der Waals surface area contributed by atoms with Crippen LogP contribution < -0.4 is 20.1 Å². The van der Waals surface area contributed by atoms with Crippen molar-refractivity contribution in [3.05, 3.63) is 59.2 Å². The average molecular weight is 368 g/mol. The number of ether oxygens (including phenoxy) is 2. The maximum Gasteiger partial charge on any atom is 0.315 e. The van der Waals surface area contributed by atoms with E-state index in [-0.39, 0.29) is 12.1 Å². The summed E-state index contributed by atoms with van der Waals surface area (Å²) in [4.78, 5) is 12.3. The molecule has 0 radical (unpaired) electrons. The van der Waals surface area contributed by atoms with Crippen molar-refractivity contribution in [3.8, 4) is 11.5 Å². The zero-order valence-corrected chi connectivity index (χ0v) is 16.2. The molecule has 2 aromatic rings. The van der Waals surface area contributed by atoms with Crippen LogP contribution in [0.1, 0.15) is 35.6 Å². The van der Waals surface area contributed by atoms with Crippen LogP contribution in [0.4, 0.5) is 4.79 Å². The van der Waals surface area contributed by atoms with Crippen molar-refractivity contribution in [1.82, 2.24) is 10.6 Å². The van der Waals surface area contributed by atoms with E-state index in [0.717, 1.165) is 35.5 Å². The SMILES string of the molecule is COc1ccc(C(NC(=O)NCCOc2ccc(C)cc2C)C2CC2)cc1. The second-order valence-electron chi connectivity index (χ2n) is 7.11. The number of amides is 2. The Morgan fingerprint density at radius 1 is 1.15 bits per heavy atom. The van der Waals surface area contributed by atoms with Crippen molar-refractivity contribution < 1.29 is 14.3 Å². The second-order valence-corrected chi connectivity index (χ2v) is 7.11. The zero-order chi connectivity index (χ0) is 19.2. The Morgan fingerprint density at radius 3 is 2.52 bits per heavy atom. The van der Waals surface area contributed by atoms with Gasteiger partial charge in [0.1, 0.15) is 18.1 Å². The average Bonchev–Trinajstić information content (AvgIpc) is 3.50. The van der Waals surface area contributed by atoms with Gasteiger partial charge in [-0.2, -0.15) is 0 Å². The van der Waals surface area contributed by atoms with E-state index in [4.69, 9.17) is 9.47 Å². The Morgan fingerprint density at radius 2 is 1.89 bits per heavy atom. The minimum Gasteiger partial charge on any atom is -0.497 e. The third kappa shape index (κ3) is 5.39. The maximum atomic E-state index is 12.3. The second kappa shape index (κ2) is 8.80. The Hall–Kier alpha value is -2.69. The van der Waals surface area contributed by atoms with Crippen LogP contribution >= 0.6 is 0 Å². The standard InChI is InChI=1S/C22H28N2O3/c1-15-4-11-20(16(2)14-15)27-13-12-23-22(25)24-21(17-5-6-17)18-7-9-19(26-3)10-8-18/h4,7-11,14,17,21H,5-6,12-13H2,1-3H3,(H2,23,24,25). The molecule has 2 amide bonds. The van der Waals surface area contributed by atoms with E-state index in [1.54, 1.807) is 7.11 Å². The number of carbonyl (C=O) groups excluding carboxylic acids is 1. The Balaban J connectivity index is 1.46. The molecule has 1 aliphatic carbocycles. The summed E-state index contributed by atoms with van der Waals surface area (Å²) >= 11 is 0. The van der Waals surface area contributed by atoms with E-state index < -0.39 is 0 Å².